The van der Waals surface area contributed by atoms with E-state index >= 15 is 0 Å². The summed E-state index contributed by atoms with van der Waals surface area (Å²) in [5, 5.41) is 4.30. The van der Waals surface area contributed by atoms with E-state index < -0.39 is 0 Å². The van der Waals surface area contributed by atoms with E-state index in [-0.39, 0.29) is 12.0 Å². The molecule has 2 N–H and O–H groups in total. The first-order valence-electron chi connectivity index (χ1n) is 6.05. The molecule has 18 heavy (non-hydrogen) atoms. The fraction of sp³-hybridized carbons (Fsp3) is 0.286. The second kappa shape index (κ2) is 5.14. The minimum absolute atomic E-state index is 0.101. The van der Waals surface area contributed by atoms with Gasteiger partial charge in [0.1, 0.15) is 5.69 Å². The zero-order valence-corrected chi connectivity index (χ0v) is 10.7. The number of hydrogen-bond acceptors (Lipinski definition) is 3. The molecule has 0 bridgehead atoms. The standard InChI is InChI=1S/C14H17N3O/c1-3-11-4-6-12(7-5-11)17-10(2)8-14(18)13(9-15)16-17/h4-8H,3,9,15H2,1-2H3. The van der Waals surface area contributed by atoms with Gasteiger partial charge in [0, 0.05) is 18.3 Å². The van der Waals surface area contributed by atoms with Gasteiger partial charge in [0.15, 0.2) is 0 Å². The molecule has 1 heterocycles. The van der Waals surface area contributed by atoms with Gasteiger partial charge in [-0.05, 0) is 31.0 Å². The van der Waals surface area contributed by atoms with Crippen molar-refractivity contribution in [2.24, 2.45) is 5.73 Å². The number of nitrogens with zero attached hydrogens (tertiary/aromatic N) is 2. The first kappa shape index (κ1) is 12.5. The third-order valence-electron chi connectivity index (χ3n) is 2.96. The molecule has 2 aromatic rings. The Morgan fingerprint density at radius 1 is 1.28 bits per heavy atom. The van der Waals surface area contributed by atoms with Gasteiger partial charge in [-0.3, -0.25) is 4.79 Å². The Kier molecular flexibility index (Phi) is 3.58. The topological polar surface area (TPSA) is 60.9 Å². The molecule has 0 aliphatic carbocycles. The summed E-state index contributed by atoms with van der Waals surface area (Å²) in [5.74, 6) is 0. The molecule has 0 atom stereocenters. The molecule has 0 radical (unpaired) electrons. The van der Waals surface area contributed by atoms with E-state index in [1.807, 2.05) is 19.1 Å². The van der Waals surface area contributed by atoms with Crippen LogP contribution in [0.3, 0.4) is 0 Å². The molecule has 0 fully saturated rings. The zero-order chi connectivity index (χ0) is 13.1. The molecule has 0 saturated heterocycles. The smallest absolute Gasteiger partial charge is 0.204 e. The monoisotopic (exact) mass is 243 g/mol. The van der Waals surface area contributed by atoms with Crippen molar-refractivity contribution in [3.63, 3.8) is 0 Å². The van der Waals surface area contributed by atoms with Crippen molar-refractivity contribution in [3.8, 4) is 5.69 Å². The van der Waals surface area contributed by atoms with Gasteiger partial charge >= 0.3 is 0 Å². The minimum Gasteiger partial charge on any atom is -0.325 e. The van der Waals surface area contributed by atoms with Crippen molar-refractivity contribution in [1.29, 1.82) is 0 Å². The van der Waals surface area contributed by atoms with Gasteiger partial charge in [-0.15, -0.1) is 0 Å². The fourth-order valence-electron chi connectivity index (χ4n) is 1.86. The van der Waals surface area contributed by atoms with Gasteiger partial charge in [-0.25, -0.2) is 4.68 Å². The Morgan fingerprint density at radius 3 is 2.50 bits per heavy atom. The van der Waals surface area contributed by atoms with Gasteiger partial charge in [0.25, 0.3) is 0 Å². The summed E-state index contributed by atoms with van der Waals surface area (Å²) in [6, 6.07) is 9.71. The first-order chi connectivity index (χ1) is 8.65. The minimum atomic E-state index is -0.101. The molecule has 1 aromatic heterocycles. The summed E-state index contributed by atoms with van der Waals surface area (Å²) in [4.78, 5) is 11.6. The highest BCUT2D eigenvalue weighted by molar-refractivity contribution is 5.35. The Labute approximate surface area is 106 Å². The molecule has 4 heteroatoms. The highest BCUT2D eigenvalue weighted by Gasteiger charge is 2.06. The van der Waals surface area contributed by atoms with E-state index in [9.17, 15) is 4.79 Å². The van der Waals surface area contributed by atoms with E-state index in [2.05, 4.69) is 24.2 Å². The van der Waals surface area contributed by atoms with Crippen LogP contribution >= 0.6 is 0 Å². The number of aromatic nitrogens is 2. The Hall–Kier alpha value is -1.94. The van der Waals surface area contributed by atoms with Crippen LogP contribution in [0.4, 0.5) is 0 Å². The van der Waals surface area contributed by atoms with Crippen LogP contribution in [-0.2, 0) is 13.0 Å². The van der Waals surface area contributed by atoms with E-state index in [1.54, 1.807) is 10.7 Å². The normalized spacial score (nSPS) is 10.6. The first-order valence-corrected chi connectivity index (χ1v) is 6.05. The summed E-state index contributed by atoms with van der Waals surface area (Å²) < 4.78 is 1.75. The maximum atomic E-state index is 11.6. The summed E-state index contributed by atoms with van der Waals surface area (Å²) in [6.45, 7) is 4.14. The van der Waals surface area contributed by atoms with Crippen LogP contribution in [0.25, 0.3) is 5.69 Å². The van der Waals surface area contributed by atoms with Crippen molar-refractivity contribution in [1.82, 2.24) is 9.78 Å². The van der Waals surface area contributed by atoms with E-state index in [0.29, 0.717) is 5.69 Å². The molecule has 0 aliphatic heterocycles. The van der Waals surface area contributed by atoms with E-state index in [1.165, 1.54) is 5.56 Å². The van der Waals surface area contributed by atoms with Crippen molar-refractivity contribution >= 4 is 0 Å². The van der Waals surface area contributed by atoms with Crippen molar-refractivity contribution in [3.05, 3.63) is 57.5 Å². The van der Waals surface area contributed by atoms with Gasteiger partial charge in [0.05, 0.1) is 5.69 Å². The van der Waals surface area contributed by atoms with Crippen LogP contribution in [-0.4, -0.2) is 9.78 Å². The molecule has 4 nitrogen and oxygen atoms in total. The molecule has 2 rings (SSSR count). The second-order valence-electron chi connectivity index (χ2n) is 4.23. The van der Waals surface area contributed by atoms with Crippen molar-refractivity contribution in [2.45, 2.75) is 26.8 Å². The average molecular weight is 243 g/mol. The lowest BCUT2D eigenvalue weighted by molar-refractivity contribution is 0.750. The second-order valence-corrected chi connectivity index (χ2v) is 4.23. The summed E-state index contributed by atoms with van der Waals surface area (Å²) in [6.07, 6.45) is 1.00. The predicted molar refractivity (Wildman–Crippen MR) is 71.8 cm³/mol. The molecule has 0 aliphatic rings. The lowest BCUT2D eigenvalue weighted by Gasteiger charge is -2.11. The third kappa shape index (κ3) is 2.33. The maximum Gasteiger partial charge on any atom is 0.204 e. The van der Waals surface area contributed by atoms with Gasteiger partial charge in [0.2, 0.25) is 5.43 Å². The van der Waals surface area contributed by atoms with Crippen LogP contribution in [0.15, 0.2) is 35.1 Å². The summed E-state index contributed by atoms with van der Waals surface area (Å²) >= 11 is 0. The maximum absolute atomic E-state index is 11.6. The fourth-order valence-corrected chi connectivity index (χ4v) is 1.86. The van der Waals surface area contributed by atoms with Crippen LogP contribution in [0.2, 0.25) is 0 Å². The van der Waals surface area contributed by atoms with Crippen molar-refractivity contribution in [2.75, 3.05) is 0 Å². The highest BCUT2D eigenvalue weighted by Crippen LogP contribution is 2.10. The number of rotatable bonds is 3. The quantitative estimate of drug-likeness (QED) is 0.890. The molecule has 0 saturated carbocycles. The number of aryl methyl sites for hydroxylation is 2. The van der Waals surface area contributed by atoms with Crippen LogP contribution in [0.1, 0.15) is 23.9 Å². The third-order valence-corrected chi connectivity index (χ3v) is 2.96. The molecular formula is C14H17N3O. The number of hydrogen-bond donors (Lipinski definition) is 1. The largest absolute Gasteiger partial charge is 0.325 e. The van der Waals surface area contributed by atoms with Crippen LogP contribution in [0, 0.1) is 6.92 Å². The number of benzene rings is 1. The Balaban J connectivity index is 2.52. The molecule has 0 spiro atoms. The average Bonchev–Trinajstić information content (AvgIpc) is 2.39. The number of nitrogens with two attached hydrogens (primary N) is 1. The van der Waals surface area contributed by atoms with Gasteiger partial charge in [-0.1, -0.05) is 19.1 Å². The zero-order valence-electron chi connectivity index (χ0n) is 10.7. The van der Waals surface area contributed by atoms with Crippen LogP contribution in [0.5, 0.6) is 0 Å². The van der Waals surface area contributed by atoms with E-state index in [0.717, 1.165) is 17.8 Å². The SMILES string of the molecule is CCc1ccc(-n2nc(CN)c(=O)cc2C)cc1. The van der Waals surface area contributed by atoms with Crippen LogP contribution < -0.4 is 11.2 Å². The van der Waals surface area contributed by atoms with Gasteiger partial charge in [-0.2, -0.15) is 5.10 Å². The highest BCUT2D eigenvalue weighted by atomic mass is 16.1. The predicted octanol–water partition coefficient (Wildman–Crippen LogP) is 1.56. The van der Waals surface area contributed by atoms with Gasteiger partial charge < -0.3 is 5.73 Å². The lowest BCUT2D eigenvalue weighted by atomic mass is 10.1. The van der Waals surface area contributed by atoms with Crippen molar-refractivity contribution < 1.29 is 0 Å². The Morgan fingerprint density at radius 2 is 1.94 bits per heavy atom. The molecular weight excluding hydrogens is 226 g/mol. The molecule has 94 valence electrons. The molecule has 0 amide bonds. The molecule has 1 aromatic carbocycles. The summed E-state index contributed by atoms with van der Waals surface area (Å²) in [7, 11) is 0. The lowest BCUT2D eigenvalue weighted by Crippen LogP contribution is -2.21. The Bertz CT molecular complexity index is 599. The molecule has 0 unspecified atom stereocenters. The summed E-state index contributed by atoms with van der Waals surface area (Å²) in [5.41, 5.74) is 8.83. The van der Waals surface area contributed by atoms with E-state index in [4.69, 9.17) is 5.73 Å².